The lowest BCUT2D eigenvalue weighted by Crippen LogP contribution is -2.39. The van der Waals surface area contributed by atoms with E-state index in [0.717, 1.165) is 32.1 Å². The molecule has 0 aromatic carbocycles. The van der Waals surface area contributed by atoms with Crippen molar-refractivity contribution in [2.45, 2.75) is 57.0 Å². The first-order valence-electron chi connectivity index (χ1n) is 6.59. The Labute approximate surface area is 109 Å². The Bertz CT molecular complexity index is 495. The van der Waals surface area contributed by atoms with Gasteiger partial charge in [-0.15, -0.1) is 0 Å². The number of aromatic nitrogens is 2. The van der Waals surface area contributed by atoms with Crippen molar-refractivity contribution in [3.05, 3.63) is 12.0 Å². The first-order valence-corrected chi connectivity index (χ1v) is 8.03. The molecule has 1 N–H and O–H groups in total. The van der Waals surface area contributed by atoms with Crippen molar-refractivity contribution in [1.82, 2.24) is 14.3 Å². The van der Waals surface area contributed by atoms with Gasteiger partial charge in [-0.2, -0.15) is 4.31 Å². The van der Waals surface area contributed by atoms with E-state index in [0.29, 0.717) is 12.4 Å². The number of sulfonamides is 1. The maximum Gasteiger partial charge on any atom is 0.260 e. The van der Waals surface area contributed by atoms with Crippen LogP contribution in [0.2, 0.25) is 0 Å². The molecule has 1 aromatic heterocycles. The SMILES string of the molecule is CCC1CCCCCN1S(=O)(=O)c1cnc(C)[nH]1. The third-order valence-electron chi connectivity index (χ3n) is 3.56. The molecule has 2 heterocycles. The molecular weight excluding hydrogens is 250 g/mol. The highest BCUT2D eigenvalue weighted by molar-refractivity contribution is 7.89. The monoisotopic (exact) mass is 271 g/mol. The molecular formula is C12H21N3O2S. The molecule has 0 amide bonds. The van der Waals surface area contributed by atoms with Crippen molar-refractivity contribution in [3.8, 4) is 0 Å². The summed E-state index contributed by atoms with van der Waals surface area (Å²) in [4.78, 5) is 6.83. The first kappa shape index (κ1) is 13.5. The van der Waals surface area contributed by atoms with Gasteiger partial charge in [-0.1, -0.05) is 19.8 Å². The maximum absolute atomic E-state index is 12.6. The number of aryl methyl sites for hydroxylation is 1. The van der Waals surface area contributed by atoms with Crippen molar-refractivity contribution in [2.75, 3.05) is 6.54 Å². The van der Waals surface area contributed by atoms with Gasteiger partial charge in [0.25, 0.3) is 10.0 Å². The molecule has 1 fully saturated rings. The minimum absolute atomic E-state index is 0.126. The van der Waals surface area contributed by atoms with Gasteiger partial charge in [-0.3, -0.25) is 0 Å². The van der Waals surface area contributed by atoms with E-state index in [4.69, 9.17) is 0 Å². The van der Waals surface area contributed by atoms with E-state index in [1.165, 1.54) is 6.20 Å². The van der Waals surface area contributed by atoms with E-state index in [1.54, 1.807) is 11.2 Å². The first-order chi connectivity index (χ1) is 8.55. The summed E-state index contributed by atoms with van der Waals surface area (Å²) in [5, 5.41) is 0.223. The highest BCUT2D eigenvalue weighted by Gasteiger charge is 2.32. The second-order valence-electron chi connectivity index (χ2n) is 4.86. The Morgan fingerprint density at radius 1 is 1.44 bits per heavy atom. The van der Waals surface area contributed by atoms with Gasteiger partial charge in [0.2, 0.25) is 0 Å². The number of hydrogen-bond acceptors (Lipinski definition) is 3. The summed E-state index contributed by atoms with van der Waals surface area (Å²) in [7, 11) is -3.41. The number of imidazole rings is 1. The number of rotatable bonds is 3. The van der Waals surface area contributed by atoms with Crippen LogP contribution in [0.25, 0.3) is 0 Å². The average Bonchev–Trinajstić information content (AvgIpc) is 2.65. The van der Waals surface area contributed by atoms with Crippen LogP contribution in [-0.4, -0.2) is 35.3 Å². The molecule has 1 unspecified atom stereocenters. The molecule has 5 nitrogen and oxygen atoms in total. The van der Waals surface area contributed by atoms with Crippen molar-refractivity contribution in [1.29, 1.82) is 0 Å². The molecule has 1 atom stereocenters. The fourth-order valence-corrected chi connectivity index (χ4v) is 4.26. The molecule has 0 bridgehead atoms. The van der Waals surface area contributed by atoms with Crippen molar-refractivity contribution < 1.29 is 8.42 Å². The molecule has 1 saturated heterocycles. The van der Waals surface area contributed by atoms with Gasteiger partial charge in [0.1, 0.15) is 5.82 Å². The van der Waals surface area contributed by atoms with Gasteiger partial charge < -0.3 is 4.98 Å². The van der Waals surface area contributed by atoms with Gasteiger partial charge in [0.15, 0.2) is 5.03 Å². The highest BCUT2D eigenvalue weighted by Crippen LogP contribution is 2.25. The van der Waals surface area contributed by atoms with Crippen LogP contribution < -0.4 is 0 Å². The summed E-state index contributed by atoms with van der Waals surface area (Å²) < 4.78 is 26.8. The Balaban J connectivity index is 2.32. The molecule has 1 aliphatic rings. The molecule has 1 aliphatic heterocycles. The van der Waals surface area contributed by atoms with E-state index in [-0.39, 0.29) is 11.1 Å². The lowest BCUT2D eigenvalue weighted by atomic mass is 10.1. The number of H-pyrrole nitrogens is 1. The summed E-state index contributed by atoms with van der Waals surface area (Å²) >= 11 is 0. The summed E-state index contributed by atoms with van der Waals surface area (Å²) in [6.07, 6.45) is 6.43. The fourth-order valence-electron chi connectivity index (χ4n) is 2.53. The van der Waals surface area contributed by atoms with Crippen LogP contribution >= 0.6 is 0 Å². The molecule has 0 saturated carbocycles. The third kappa shape index (κ3) is 2.59. The Morgan fingerprint density at radius 2 is 2.22 bits per heavy atom. The lowest BCUT2D eigenvalue weighted by molar-refractivity contribution is 0.314. The number of nitrogens with zero attached hydrogens (tertiary/aromatic N) is 2. The average molecular weight is 271 g/mol. The van der Waals surface area contributed by atoms with E-state index in [2.05, 4.69) is 16.9 Å². The van der Waals surface area contributed by atoms with Crippen LogP contribution in [0.3, 0.4) is 0 Å². The highest BCUT2D eigenvalue weighted by atomic mass is 32.2. The Hall–Kier alpha value is -0.880. The van der Waals surface area contributed by atoms with Gasteiger partial charge in [0, 0.05) is 12.6 Å². The molecule has 1 aromatic rings. The minimum Gasteiger partial charge on any atom is -0.332 e. The molecule has 0 spiro atoms. The summed E-state index contributed by atoms with van der Waals surface area (Å²) in [6, 6.07) is 0.126. The maximum atomic E-state index is 12.6. The van der Waals surface area contributed by atoms with Gasteiger partial charge in [-0.25, -0.2) is 13.4 Å². The quantitative estimate of drug-likeness (QED) is 0.915. The summed E-state index contributed by atoms with van der Waals surface area (Å²) in [5.74, 6) is 0.636. The number of aromatic amines is 1. The second-order valence-corrected chi connectivity index (χ2v) is 6.72. The van der Waals surface area contributed by atoms with E-state index in [1.807, 2.05) is 0 Å². The largest absolute Gasteiger partial charge is 0.332 e. The minimum atomic E-state index is -3.41. The zero-order valence-electron chi connectivity index (χ0n) is 11.0. The van der Waals surface area contributed by atoms with Crippen LogP contribution in [0.15, 0.2) is 11.2 Å². The van der Waals surface area contributed by atoms with Gasteiger partial charge in [-0.05, 0) is 26.2 Å². The van der Waals surface area contributed by atoms with Crippen LogP contribution in [0.4, 0.5) is 0 Å². The van der Waals surface area contributed by atoms with Crippen LogP contribution in [0, 0.1) is 6.92 Å². The van der Waals surface area contributed by atoms with E-state index >= 15 is 0 Å². The van der Waals surface area contributed by atoms with Crippen LogP contribution in [0.1, 0.15) is 44.9 Å². The van der Waals surface area contributed by atoms with Crippen LogP contribution in [0.5, 0.6) is 0 Å². The molecule has 6 heteroatoms. The molecule has 102 valence electrons. The molecule has 2 rings (SSSR count). The normalized spacial score (nSPS) is 22.9. The van der Waals surface area contributed by atoms with Crippen molar-refractivity contribution in [3.63, 3.8) is 0 Å². The number of nitrogens with one attached hydrogen (secondary N) is 1. The Morgan fingerprint density at radius 3 is 2.83 bits per heavy atom. The topological polar surface area (TPSA) is 66.1 Å². The molecule has 0 aliphatic carbocycles. The standard InChI is InChI=1S/C12H21N3O2S/c1-3-11-7-5-4-6-8-15(11)18(16,17)12-9-13-10(2)14-12/h9,11H,3-8H2,1-2H3,(H,13,14). The zero-order chi connectivity index (χ0) is 13.2. The summed E-state index contributed by atoms with van der Waals surface area (Å²) in [5.41, 5.74) is 0. The lowest BCUT2D eigenvalue weighted by Gasteiger charge is -2.27. The number of hydrogen-bond donors (Lipinski definition) is 1. The predicted molar refractivity (Wildman–Crippen MR) is 69.8 cm³/mol. The second kappa shape index (κ2) is 5.40. The Kier molecular flexibility index (Phi) is 4.07. The van der Waals surface area contributed by atoms with Gasteiger partial charge in [0.05, 0.1) is 6.20 Å². The third-order valence-corrected chi connectivity index (χ3v) is 5.42. The van der Waals surface area contributed by atoms with Crippen molar-refractivity contribution >= 4 is 10.0 Å². The molecule has 0 radical (unpaired) electrons. The van der Waals surface area contributed by atoms with Crippen molar-refractivity contribution in [2.24, 2.45) is 0 Å². The van der Waals surface area contributed by atoms with E-state index in [9.17, 15) is 8.42 Å². The summed E-state index contributed by atoms with van der Waals surface area (Å²) in [6.45, 7) is 4.44. The fraction of sp³-hybridized carbons (Fsp3) is 0.750. The van der Waals surface area contributed by atoms with Gasteiger partial charge >= 0.3 is 0 Å². The zero-order valence-corrected chi connectivity index (χ0v) is 11.8. The smallest absolute Gasteiger partial charge is 0.260 e. The molecule has 18 heavy (non-hydrogen) atoms. The van der Waals surface area contributed by atoms with E-state index < -0.39 is 10.0 Å². The van der Waals surface area contributed by atoms with Crippen LogP contribution in [-0.2, 0) is 10.0 Å². The predicted octanol–water partition coefficient (Wildman–Crippen LogP) is 2.06.